The number of hydrogen-bond acceptors (Lipinski definition) is 4. The Bertz CT molecular complexity index is 757. The smallest absolute Gasteiger partial charge is 0.227 e. The Morgan fingerprint density at radius 2 is 1.79 bits per heavy atom. The molecule has 4 heteroatoms. The molecule has 0 bridgehead atoms. The van der Waals surface area contributed by atoms with Gasteiger partial charge in [0.25, 0.3) is 0 Å². The van der Waals surface area contributed by atoms with Crippen molar-refractivity contribution < 1.29 is 14.6 Å². The monoisotopic (exact) mass is 253 g/mol. The van der Waals surface area contributed by atoms with Crippen LogP contribution in [0.15, 0.2) is 47.4 Å². The van der Waals surface area contributed by atoms with Crippen molar-refractivity contribution in [1.29, 1.82) is 0 Å². The molecular formula is C15H11NO3. The molecule has 2 N–H and O–H groups in total. The van der Waals surface area contributed by atoms with Gasteiger partial charge in [0.05, 0.1) is 0 Å². The van der Waals surface area contributed by atoms with Gasteiger partial charge >= 0.3 is 0 Å². The normalized spacial score (nSPS) is 10.7. The third kappa shape index (κ3) is 1.93. The SMILES string of the molecule is C=Cc1cc(O)cc2nc(-c3ccc(O)cc3)oc12. The van der Waals surface area contributed by atoms with Gasteiger partial charge in [-0.3, -0.25) is 0 Å². The Balaban J connectivity index is 2.21. The van der Waals surface area contributed by atoms with Crippen molar-refractivity contribution >= 4 is 17.2 Å². The first-order valence-electron chi connectivity index (χ1n) is 5.73. The summed E-state index contributed by atoms with van der Waals surface area (Å²) in [7, 11) is 0. The van der Waals surface area contributed by atoms with Crippen LogP contribution in [-0.4, -0.2) is 15.2 Å². The molecule has 0 saturated carbocycles. The molecule has 0 atom stereocenters. The Morgan fingerprint density at radius 1 is 1.05 bits per heavy atom. The lowest BCUT2D eigenvalue weighted by molar-refractivity contribution is 0.475. The number of aromatic nitrogens is 1. The van der Waals surface area contributed by atoms with Crippen LogP contribution in [0.5, 0.6) is 11.5 Å². The van der Waals surface area contributed by atoms with Crippen LogP contribution < -0.4 is 0 Å². The molecule has 0 aliphatic carbocycles. The van der Waals surface area contributed by atoms with Crippen molar-refractivity contribution in [2.45, 2.75) is 0 Å². The molecule has 0 unspecified atom stereocenters. The van der Waals surface area contributed by atoms with Crippen molar-refractivity contribution in [3.05, 3.63) is 48.5 Å². The maximum Gasteiger partial charge on any atom is 0.227 e. The molecule has 1 aromatic heterocycles. The summed E-state index contributed by atoms with van der Waals surface area (Å²) in [5, 5.41) is 18.9. The van der Waals surface area contributed by atoms with Crippen molar-refractivity contribution in [2.24, 2.45) is 0 Å². The van der Waals surface area contributed by atoms with Crippen molar-refractivity contribution in [3.8, 4) is 23.0 Å². The van der Waals surface area contributed by atoms with Gasteiger partial charge in [-0.25, -0.2) is 4.98 Å². The number of fused-ring (bicyclic) bond motifs is 1. The largest absolute Gasteiger partial charge is 0.508 e. The van der Waals surface area contributed by atoms with Gasteiger partial charge in [-0.2, -0.15) is 0 Å². The number of oxazole rings is 1. The number of phenolic OH excluding ortho intramolecular Hbond substituents is 2. The number of nitrogens with zero attached hydrogens (tertiary/aromatic N) is 1. The molecule has 94 valence electrons. The predicted molar refractivity (Wildman–Crippen MR) is 72.9 cm³/mol. The Morgan fingerprint density at radius 3 is 2.47 bits per heavy atom. The zero-order valence-corrected chi connectivity index (χ0v) is 10.00. The van der Waals surface area contributed by atoms with E-state index in [1.807, 2.05) is 0 Å². The lowest BCUT2D eigenvalue weighted by Gasteiger charge is -1.96. The topological polar surface area (TPSA) is 66.5 Å². The molecule has 3 aromatic rings. The van der Waals surface area contributed by atoms with Gasteiger partial charge in [-0.05, 0) is 30.3 Å². The molecule has 0 amide bonds. The zero-order chi connectivity index (χ0) is 13.4. The Kier molecular flexibility index (Phi) is 2.49. The highest BCUT2D eigenvalue weighted by molar-refractivity contribution is 5.86. The molecule has 3 rings (SSSR count). The van der Waals surface area contributed by atoms with Gasteiger partial charge in [0.2, 0.25) is 5.89 Å². The highest BCUT2D eigenvalue weighted by Crippen LogP contribution is 2.30. The van der Waals surface area contributed by atoms with Crippen LogP contribution in [0, 0.1) is 0 Å². The van der Waals surface area contributed by atoms with E-state index < -0.39 is 0 Å². The molecule has 19 heavy (non-hydrogen) atoms. The summed E-state index contributed by atoms with van der Waals surface area (Å²) in [4.78, 5) is 4.33. The van der Waals surface area contributed by atoms with E-state index in [1.54, 1.807) is 36.4 Å². The minimum absolute atomic E-state index is 0.118. The molecule has 0 saturated heterocycles. The van der Waals surface area contributed by atoms with Crippen molar-refractivity contribution in [2.75, 3.05) is 0 Å². The fourth-order valence-electron chi connectivity index (χ4n) is 1.92. The Labute approximate surface area is 109 Å². The number of hydrogen-bond donors (Lipinski definition) is 2. The standard InChI is InChI=1S/C15H11NO3/c1-2-9-7-12(18)8-13-14(9)19-15(16-13)10-3-5-11(17)6-4-10/h2-8,17-18H,1H2. The van der Waals surface area contributed by atoms with Crippen LogP contribution in [0.4, 0.5) is 0 Å². The van der Waals surface area contributed by atoms with Gasteiger partial charge < -0.3 is 14.6 Å². The third-order valence-electron chi connectivity index (χ3n) is 2.84. The van der Waals surface area contributed by atoms with E-state index in [0.29, 0.717) is 22.6 Å². The molecule has 4 nitrogen and oxygen atoms in total. The Hall–Kier alpha value is -2.75. The van der Waals surface area contributed by atoms with E-state index in [4.69, 9.17) is 4.42 Å². The summed E-state index contributed by atoms with van der Waals surface area (Å²) in [6.07, 6.45) is 1.60. The van der Waals surface area contributed by atoms with E-state index >= 15 is 0 Å². The molecule has 0 aliphatic rings. The fourth-order valence-corrected chi connectivity index (χ4v) is 1.92. The van der Waals surface area contributed by atoms with Gasteiger partial charge in [0, 0.05) is 17.2 Å². The van der Waals surface area contributed by atoms with Gasteiger partial charge in [0.15, 0.2) is 5.58 Å². The van der Waals surface area contributed by atoms with Crippen LogP contribution in [-0.2, 0) is 0 Å². The average Bonchev–Trinajstić information content (AvgIpc) is 2.82. The van der Waals surface area contributed by atoms with Gasteiger partial charge in [-0.15, -0.1) is 0 Å². The summed E-state index contributed by atoms with van der Waals surface area (Å²) >= 11 is 0. The van der Waals surface area contributed by atoms with Crippen LogP contribution in [0.3, 0.4) is 0 Å². The maximum absolute atomic E-state index is 9.60. The molecule has 2 aromatic carbocycles. The lowest BCUT2D eigenvalue weighted by Crippen LogP contribution is -1.76. The van der Waals surface area contributed by atoms with Crippen LogP contribution in [0.1, 0.15) is 5.56 Å². The van der Waals surface area contributed by atoms with Gasteiger partial charge in [-0.1, -0.05) is 12.7 Å². The molecular weight excluding hydrogens is 242 g/mol. The molecule has 0 radical (unpaired) electrons. The van der Waals surface area contributed by atoms with Crippen molar-refractivity contribution in [3.63, 3.8) is 0 Å². The number of phenols is 2. The van der Waals surface area contributed by atoms with Crippen LogP contribution in [0.2, 0.25) is 0 Å². The summed E-state index contributed by atoms with van der Waals surface area (Å²) in [6.45, 7) is 3.68. The highest BCUT2D eigenvalue weighted by atomic mass is 16.3. The number of rotatable bonds is 2. The average molecular weight is 253 g/mol. The predicted octanol–water partition coefficient (Wildman–Crippen LogP) is 3.55. The van der Waals surface area contributed by atoms with Crippen molar-refractivity contribution in [1.82, 2.24) is 4.98 Å². The van der Waals surface area contributed by atoms with Crippen LogP contribution >= 0.6 is 0 Å². The number of benzene rings is 2. The summed E-state index contributed by atoms with van der Waals surface area (Å²) < 4.78 is 5.70. The maximum atomic E-state index is 9.60. The molecule has 1 heterocycles. The van der Waals surface area contributed by atoms with E-state index in [-0.39, 0.29) is 11.5 Å². The fraction of sp³-hybridized carbons (Fsp3) is 0. The van der Waals surface area contributed by atoms with E-state index in [9.17, 15) is 10.2 Å². The number of aromatic hydroxyl groups is 2. The first-order valence-corrected chi connectivity index (χ1v) is 5.73. The molecule has 0 aliphatic heterocycles. The van der Waals surface area contributed by atoms with E-state index in [1.165, 1.54) is 6.07 Å². The second-order valence-corrected chi connectivity index (χ2v) is 4.15. The van der Waals surface area contributed by atoms with E-state index in [2.05, 4.69) is 11.6 Å². The second-order valence-electron chi connectivity index (χ2n) is 4.15. The lowest BCUT2D eigenvalue weighted by atomic mass is 10.2. The summed E-state index contributed by atoms with van der Waals surface area (Å²) in [5.41, 5.74) is 2.59. The third-order valence-corrected chi connectivity index (χ3v) is 2.84. The molecule has 0 spiro atoms. The highest BCUT2D eigenvalue weighted by Gasteiger charge is 2.11. The minimum atomic E-state index is 0.118. The molecule has 0 fully saturated rings. The summed E-state index contributed by atoms with van der Waals surface area (Å²) in [5.74, 6) is 0.737. The quantitative estimate of drug-likeness (QED) is 0.733. The van der Waals surface area contributed by atoms with E-state index in [0.717, 1.165) is 5.56 Å². The van der Waals surface area contributed by atoms with Crippen LogP contribution in [0.25, 0.3) is 28.6 Å². The minimum Gasteiger partial charge on any atom is -0.508 e. The second kappa shape index (κ2) is 4.17. The summed E-state index contributed by atoms with van der Waals surface area (Å²) in [6, 6.07) is 9.67. The first-order chi connectivity index (χ1) is 9.17. The zero-order valence-electron chi connectivity index (χ0n) is 10.00. The van der Waals surface area contributed by atoms with Gasteiger partial charge in [0.1, 0.15) is 17.0 Å². The first kappa shape index (κ1) is 11.3.